The van der Waals surface area contributed by atoms with Crippen LogP contribution in [0.3, 0.4) is 0 Å². The third kappa shape index (κ3) is 1.25. The molecule has 1 aromatic heterocycles. The van der Waals surface area contributed by atoms with Crippen molar-refractivity contribution in [2.45, 2.75) is 13.3 Å². The molecular formula is C7H8FN. The zero-order valence-corrected chi connectivity index (χ0v) is 5.26. The first kappa shape index (κ1) is 6.20. The quantitative estimate of drug-likeness (QED) is 0.557. The number of rotatable bonds is 1. The lowest BCUT2D eigenvalue weighted by molar-refractivity contribution is 0.609. The highest BCUT2D eigenvalue weighted by molar-refractivity contribution is 5.10. The number of nitrogens with zero attached hydrogens (tertiary/aromatic N) is 1. The van der Waals surface area contributed by atoms with Crippen molar-refractivity contribution in [3.8, 4) is 0 Å². The zero-order chi connectivity index (χ0) is 6.69. The molecule has 0 saturated heterocycles. The van der Waals surface area contributed by atoms with Crippen LogP contribution in [-0.2, 0) is 6.42 Å². The number of hydrogen-bond acceptors (Lipinski definition) is 1. The van der Waals surface area contributed by atoms with Gasteiger partial charge in [-0.25, -0.2) is 4.39 Å². The monoisotopic (exact) mass is 125 g/mol. The van der Waals surface area contributed by atoms with E-state index < -0.39 is 0 Å². The number of hydrogen-bond donors (Lipinski definition) is 0. The van der Waals surface area contributed by atoms with Crippen molar-refractivity contribution < 1.29 is 4.39 Å². The molecule has 0 radical (unpaired) electrons. The van der Waals surface area contributed by atoms with Gasteiger partial charge in [0.15, 0.2) is 0 Å². The lowest BCUT2D eigenvalue weighted by Gasteiger charge is -1.93. The Morgan fingerprint density at radius 1 is 1.67 bits per heavy atom. The first-order valence-corrected chi connectivity index (χ1v) is 2.93. The van der Waals surface area contributed by atoms with Gasteiger partial charge in [-0.1, -0.05) is 6.92 Å². The standard InChI is InChI=1S/C7H8FN/c1-2-6-5-9-4-3-7(6)8/h3-5H,2H2,1H3. The van der Waals surface area contributed by atoms with Crippen molar-refractivity contribution in [3.05, 3.63) is 29.8 Å². The van der Waals surface area contributed by atoms with Crippen LogP contribution >= 0.6 is 0 Å². The van der Waals surface area contributed by atoms with E-state index in [1.807, 2.05) is 6.92 Å². The Labute approximate surface area is 53.5 Å². The molecule has 0 bridgehead atoms. The molecule has 0 aliphatic carbocycles. The molecule has 1 rings (SSSR count). The van der Waals surface area contributed by atoms with Crippen molar-refractivity contribution in [3.63, 3.8) is 0 Å². The molecule has 0 saturated carbocycles. The smallest absolute Gasteiger partial charge is 0.129 e. The lowest BCUT2D eigenvalue weighted by Crippen LogP contribution is -1.86. The Balaban J connectivity index is 3.01. The zero-order valence-electron chi connectivity index (χ0n) is 5.26. The molecule has 0 N–H and O–H groups in total. The van der Waals surface area contributed by atoms with Crippen molar-refractivity contribution in [2.24, 2.45) is 0 Å². The van der Waals surface area contributed by atoms with E-state index in [1.165, 1.54) is 12.3 Å². The van der Waals surface area contributed by atoms with Gasteiger partial charge in [0.1, 0.15) is 5.82 Å². The minimum absolute atomic E-state index is 0.160. The summed E-state index contributed by atoms with van der Waals surface area (Å²) < 4.78 is 12.5. The number of pyridine rings is 1. The normalized spacial score (nSPS) is 9.56. The summed E-state index contributed by atoms with van der Waals surface area (Å²) in [6.45, 7) is 1.90. The SMILES string of the molecule is CCc1cnccc1F. The molecule has 0 unspecified atom stereocenters. The average Bonchev–Trinajstić information content (AvgIpc) is 1.89. The topological polar surface area (TPSA) is 12.9 Å². The van der Waals surface area contributed by atoms with E-state index in [1.54, 1.807) is 6.20 Å². The fourth-order valence-electron chi connectivity index (χ4n) is 0.670. The van der Waals surface area contributed by atoms with E-state index in [9.17, 15) is 4.39 Å². The molecule has 1 nitrogen and oxygen atoms in total. The first-order valence-electron chi connectivity index (χ1n) is 2.93. The number of halogens is 1. The van der Waals surface area contributed by atoms with Gasteiger partial charge < -0.3 is 0 Å². The molecule has 2 heteroatoms. The van der Waals surface area contributed by atoms with E-state index in [4.69, 9.17) is 0 Å². The molecule has 0 aromatic carbocycles. The Morgan fingerprint density at radius 2 is 2.44 bits per heavy atom. The van der Waals surface area contributed by atoms with Crippen LogP contribution in [0.1, 0.15) is 12.5 Å². The fraction of sp³-hybridized carbons (Fsp3) is 0.286. The highest BCUT2D eigenvalue weighted by Crippen LogP contribution is 2.03. The van der Waals surface area contributed by atoms with Gasteiger partial charge in [0.25, 0.3) is 0 Å². The van der Waals surface area contributed by atoms with Crippen LogP contribution in [0.25, 0.3) is 0 Å². The summed E-state index contributed by atoms with van der Waals surface area (Å²) in [5.74, 6) is -0.160. The van der Waals surface area contributed by atoms with Crippen molar-refractivity contribution in [1.29, 1.82) is 0 Å². The highest BCUT2D eigenvalue weighted by atomic mass is 19.1. The van der Waals surface area contributed by atoms with Crippen LogP contribution < -0.4 is 0 Å². The van der Waals surface area contributed by atoms with Gasteiger partial charge in [0, 0.05) is 18.0 Å². The second-order valence-electron chi connectivity index (χ2n) is 1.82. The van der Waals surface area contributed by atoms with Crippen LogP contribution in [0.15, 0.2) is 18.5 Å². The molecule has 1 aromatic rings. The van der Waals surface area contributed by atoms with E-state index in [-0.39, 0.29) is 5.82 Å². The van der Waals surface area contributed by atoms with Gasteiger partial charge >= 0.3 is 0 Å². The summed E-state index contributed by atoms with van der Waals surface area (Å²) in [5, 5.41) is 0. The Morgan fingerprint density at radius 3 is 2.89 bits per heavy atom. The summed E-state index contributed by atoms with van der Waals surface area (Å²) in [6.07, 6.45) is 3.71. The summed E-state index contributed by atoms with van der Waals surface area (Å²) in [4.78, 5) is 3.78. The van der Waals surface area contributed by atoms with E-state index in [0.29, 0.717) is 12.0 Å². The maximum Gasteiger partial charge on any atom is 0.129 e. The van der Waals surface area contributed by atoms with E-state index in [0.717, 1.165) is 0 Å². The van der Waals surface area contributed by atoms with E-state index >= 15 is 0 Å². The Kier molecular flexibility index (Phi) is 1.78. The Bertz CT molecular complexity index is 198. The molecule has 48 valence electrons. The van der Waals surface area contributed by atoms with Crippen LogP contribution in [-0.4, -0.2) is 4.98 Å². The largest absolute Gasteiger partial charge is 0.264 e. The maximum absolute atomic E-state index is 12.5. The Hall–Kier alpha value is -0.920. The molecule has 1 heterocycles. The minimum Gasteiger partial charge on any atom is -0.264 e. The predicted molar refractivity (Wildman–Crippen MR) is 33.6 cm³/mol. The molecule has 0 atom stereocenters. The predicted octanol–water partition coefficient (Wildman–Crippen LogP) is 1.78. The van der Waals surface area contributed by atoms with Gasteiger partial charge in [-0.15, -0.1) is 0 Å². The van der Waals surface area contributed by atoms with Gasteiger partial charge in [0.2, 0.25) is 0 Å². The van der Waals surface area contributed by atoms with Gasteiger partial charge in [-0.2, -0.15) is 0 Å². The maximum atomic E-state index is 12.5. The minimum atomic E-state index is -0.160. The first-order chi connectivity index (χ1) is 4.34. The molecular weight excluding hydrogens is 117 g/mol. The highest BCUT2D eigenvalue weighted by Gasteiger charge is 1.94. The second-order valence-corrected chi connectivity index (χ2v) is 1.82. The third-order valence-corrected chi connectivity index (χ3v) is 1.22. The van der Waals surface area contributed by atoms with Gasteiger partial charge in [0.05, 0.1) is 0 Å². The van der Waals surface area contributed by atoms with Gasteiger partial charge in [-0.05, 0) is 12.5 Å². The lowest BCUT2D eigenvalue weighted by atomic mass is 10.2. The molecule has 0 aliphatic rings. The van der Waals surface area contributed by atoms with Crippen LogP contribution in [0.5, 0.6) is 0 Å². The summed E-state index contributed by atoms with van der Waals surface area (Å²) in [6, 6.07) is 1.37. The molecule has 0 aliphatic heterocycles. The molecule has 0 amide bonds. The summed E-state index contributed by atoms with van der Waals surface area (Å²) in [7, 11) is 0. The second kappa shape index (κ2) is 2.58. The third-order valence-electron chi connectivity index (χ3n) is 1.22. The van der Waals surface area contributed by atoms with Crippen molar-refractivity contribution >= 4 is 0 Å². The number of aryl methyl sites for hydroxylation is 1. The summed E-state index contributed by atoms with van der Waals surface area (Å²) >= 11 is 0. The average molecular weight is 125 g/mol. The molecule has 0 fully saturated rings. The molecule has 9 heavy (non-hydrogen) atoms. The number of aromatic nitrogens is 1. The van der Waals surface area contributed by atoms with Crippen LogP contribution in [0.4, 0.5) is 4.39 Å². The van der Waals surface area contributed by atoms with Crippen LogP contribution in [0, 0.1) is 5.82 Å². The fourth-order valence-corrected chi connectivity index (χ4v) is 0.670. The summed E-state index contributed by atoms with van der Waals surface area (Å²) in [5.41, 5.74) is 0.678. The van der Waals surface area contributed by atoms with Crippen molar-refractivity contribution in [2.75, 3.05) is 0 Å². The van der Waals surface area contributed by atoms with E-state index in [2.05, 4.69) is 4.98 Å². The molecule has 0 spiro atoms. The van der Waals surface area contributed by atoms with Crippen molar-refractivity contribution in [1.82, 2.24) is 4.98 Å². The van der Waals surface area contributed by atoms with Crippen LogP contribution in [0.2, 0.25) is 0 Å². The van der Waals surface area contributed by atoms with Gasteiger partial charge in [-0.3, -0.25) is 4.98 Å².